The van der Waals surface area contributed by atoms with Crippen LogP contribution in [0.3, 0.4) is 0 Å². The summed E-state index contributed by atoms with van der Waals surface area (Å²) in [6.07, 6.45) is 0.331. The van der Waals surface area contributed by atoms with Gasteiger partial charge >= 0.3 is 0 Å². The molecule has 0 radical (unpaired) electrons. The normalized spacial score (nSPS) is 14.6. The molecule has 7 nitrogen and oxygen atoms in total. The topological polar surface area (TPSA) is 91.9 Å². The first-order chi connectivity index (χ1) is 10.6. The number of nitrogens with two attached hydrogens (primary N) is 1. The van der Waals surface area contributed by atoms with Gasteiger partial charge in [0.1, 0.15) is 11.5 Å². The van der Waals surface area contributed by atoms with Crippen LogP contribution < -0.4 is 15.2 Å². The van der Waals surface area contributed by atoms with Crippen LogP contribution in [0.1, 0.15) is 6.42 Å². The zero-order chi connectivity index (χ0) is 15.9. The molecule has 1 fully saturated rings. The van der Waals surface area contributed by atoms with Crippen molar-refractivity contribution in [3.8, 4) is 11.5 Å². The first-order valence-electron chi connectivity index (χ1n) is 7.24. The number of guanidine groups is 1. The minimum absolute atomic E-state index is 0.0612. The minimum atomic E-state index is 0.0612. The van der Waals surface area contributed by atoms with E-state index in [1.807, 2.05) is 18.2 Å². The number of methoxy groups -OCH3 is 1. The molecule has 2 rings (SSSR count). The molecule has 0 unspecified atom stereocenters. The van der Waals surface area contributed by atoms with Crippen molar-refractivity contribution < 1.29 is 14.3 Å². The molecule has 0 saturated carbocycles. The monoisotopic (exact) mass is 306 g/mol. The van der Waals surface area contributed by atoms with Crippen molar-refractivity contribution in [1.29, 1.82) is 5.41 Å². The quantitative estimate of drug-likeness (QED) is 0.610. The fourth-order valence-corrected chi connectivity index (χ4v) is 2.30. The smallest absolute Gasteiger partial charge is 0.226 e. The van der Waals surface area contributed by atoms with Crippen molar-refractivity contribution in [3.63, 3.8) is 0 Å². The van der Waals surface area contributed by atoms with Crippen LogP contribution in [0.15, 0.2) is 24.3 Å². The van der Waals surface area contributed by atoms with Crippen LogP contribution in [0.4, 0.5) is 0 Å². The van der Waals surface area contributed by atoms with E-state index >= 15 is 0 Å². The number of amides is 1. The van der Waals surface area contributed by atoms with Crippen molar-refractivity contribution in [1.82, 2.24) is 9.80 Å². The summed E-state index contributed by atoms with van der Waals surface area (Å²) in [6, 6.07) is 7.30. The lowest BCUT2D eigenvalue weighted by atomic mass is 10.3. The van der Waals surface area contributed by atoms with E-state index in [-0.39, 0.29) is 11.9 Å². The SMILES string of the molecule is COc1cccc(OCCC(=O)N2CCN(C(=N)N)CC2)c1. The van der Waals surface area contributed by atoms with Crippen LogP contribution in [-0.4, -0.2) is 61.6 Å². The van der Waals surface area contributed by atoms with E-state index in [9.17, 15) is 4.79 Å². The van der Waals surface area contributed by atoms with Gasteiger partial charge in [0.25, 0.3) is 0 Å². The lowest BCUT2D eigenvalue weighted by molar-refractivity contribution is -0.133. The van der Waals surface area contributed by atoms with Crippen LogP contribution in [-0.2, 0) is 4.79 Å². The summed E-state index contributed by atoms with van der Waals surface area (Å²) in [5.41, 5.74) is 5.43. The second-order valence-corrected chi connectivity index (χ2v) is 5.03. The molecule has 1 heterocycles. The Morgan fingerprint density at radius 2 is 1.86 bits per heavy atom. The zero-order valence-electron chi connectivity index (χ0n) is 12.7. The Kier molecular flexibility index (Phi) is 5.46. The van der Waals surface area contributed by atoms with Crippen molar-refractivity contribution in [3.05, 3.63) is 24.3 Å². The van der Waals surface area contributed by atoms with Gasteiger partial charge in [0, 0.05) is 32.2 Å². The van der Waals surface area contributed by atoms with Gasteiger partial charge in [-0.2, -0.15) is 0 Å². The number of nitrogens with zero attached hydrogens (tertiary/aromatic N) is 2. The number of hydrogen-bond acceptors (Lipinski definition) is 4. The number of piperazine rings is 1. The standard InChI is InChI=1S/C15H22N4O3/c1-21-12-3-2-4-13(11-12)22-10-5-14(20)18-6-8-19(9-7-18)15(16)17/h2-4,11H,5-10H2,1H3,(H3,16,17). The highest BCUT2D eigenvalue weighted by molar-refractivity contribution is 5.78. The highest BCUT2D eigenvalue weighted by Crippen LogP contribution is 2.19. The van der Waals surface area contributed by atoms with E-state index in [1.54, 1.807) is 23.0 Å². The summed E-state index contributed by atoms with van der Waals surface area (Å²) >= 11 is 0. The van der Waals surface area contributed by atoms with E-state index in [0.717, 1.165) is 5.75 Å². The molecule has 0 spiro atoms. The van der Waals surface area contributed by atoms with Crippen LogP contribution in [0, 0.1) is 5.41 Å². The largest absolute Gasteiger partial charge is 0.497 e. The first kappa shape index (κ1) is 15.9. The molecule has 0 aliphatic carbocycles. The first-order valence-corrected chi connectivity index (χ1v) is 7.24. The fraction of sp³-hybridized carbons (Fsp3) is 0.467. The van der Waals surface area contributed by atoms with Gasteiger partial charge in [-0.25, -0.2) is 0 Å². The van der Waals surface area contributed by atoms with E-state index in [4.69, 9.17) is 20.6 Å². The molecule has 3 N–H and O–H groups in total. The van der Waals surface area contributed by atoms with Crippen molar-refractivity contribution in [2.45, 2.75) is 6.42 Å². The molecule has 1 aromatic rings. The molecule has 1 aromatic carbocycles. The van der Waals surface area contributed by atoms with Gasteiger partial charge in [-0.05, 0) is 12.1 Å². The van der Waals surface area contributed by atoms with Gasteiger partial charge in [0.15, 0.2) is 5.96 Å². The second-order valence-electron chi connectivity index (χ2n) is 5.03. The zero-order valence-corrected chi connectivity index (χ0v) is 12.7. The van der Waals surface area contributed by atoms with Crippen molar-refractivity contribution in [2.24, 2.45) is 5.73 Å². The predicted molar refractivity (Wildman–Crippen MR) is 83.2 cm³/mol. The molecule has 1 aliphatic heterocycles. The highest BCUT2D eigenvalue weighted by atomic mass is 16.5. The number of ether oxygens (including phenoxy) is 2. The number of benzene rings is 1. The lowest BCUT2D eigenvalue weighted by Crippen LogP contribution is -2.52. The van der Waals surface area contributed by atoms with Gasteiger partial charge in [-0.1, -0.05) is 6.07 Å². The molecule has 7 heteroatoms. The molecule has 1 aliphatic rings. The lowest BCUT2D eigenvalue weighted by Gasteiger charge is -2.34. The van der Waals surface area contributed by atoms with Gasteiger partial charge in [0.2, 0.25) is 5.91 Å². The molecular weight excluding hydrogens is 284 g/mol. The molecular formula is C15H22N4O3. The maximum atomic E-state index is 12.1. The summed E-state index contributed by atoms with van der Waals surface area (Å²) in [6.45, 7) is 2.74. The Labute approximate surface area is 130 Å². The number of hydrogen-bond donors (Lipinski definition) is 2. The van der Waals surface area contributed by atoms with E-state index < -0.39 is 0 Å². The summed E-state index contributed by atoms with van der Waals surface area (Å²) < 4.78 is 10.7. The third kappa shape index (κ3) is 4.28. The van der Waals surface area contributed by atoms with Gasteiger partial charge in [0.05, 0.1) is 20.1 Å². The molecule has 1 amide bonds. The molecule has 0 atom stereocenters. The van der Waals surface area contributed by atoms with Crippen LogP contribution in [0.5, 0.6) is 11.5 Å². The van der Waals surface area contributed by atoms with Crippen LogP contribution in [0.25, 0.3) is 0 Å². The maximum Gasteiger partial charge on any atom is 0.226 e. The third-order valence-corrected chi connectivity index (χ3v) is 3.60. The summed E-state index contributed by atoms with van der Waals surface area (Å²) in [5.74, 6) is 1.54. The van der Waals surface area contributed by atoms with E-state index in [2.05, 4.69) is 0 Å². The molecule has 0 bridgehead atoms. The van der Waals surface area contributed by atoms with Crippen molar-refractivity contribution >= 4 is 11.9 Å². The molecule has 0 aromatic heterocycles. The van der Waals surface area contributed by atoms with Gasteiger partial charge in [-0.3, -0.25) is 10.2 Å². The maximum absolute atomic E-state index is 12.1. The average Bonchev–Trinajstić information content (AvgIpc) is 2.55. The Bertz CT molecular complexity index is 527. The number of carbonyl (C=O) groups is 1. The number of rotatable bonds is 5. The fourth-order valence-electron chi connectivity index (χ4n) is 2.30. The van der Waals surface area contributed by atoms with Crippen LogP contribution in [0.2, 0.25) is 0 Å². The van der Waals surface area contributed by atoms with Gasteiger partial charge in [-0.15, -0.1) is 0 Å². The molecule has 1 saturated heterocycles. The number of carbonyl (C=O) groups excluding carboxylic acids is 1. The summed E-state index contributed by atoms with van der Waals surface area (Å²) in [4.78, 5) is 15.7. The summed E-state index contributed by atoms with van der Waals surface area (Å²) in [7, 11) is 1.60. The highest BCUT2D eigenvalue weighted by Gasteiger charge is 2.21. The Hall–Kier alpha value is -2.44. The van der Waals surface area contributed by atoms with Crippen LogP contribution >= 0.6 is 0 Å². The number of nitrogens with one attached hydrogen (secondary N) is 1. The second kappa shape index (κ2) is 7.53. The Morgan fingerprint density at radius 3 is 2.50 bits per heavy atom. The van der Waals surface area contributed by atoms with Crippen molar-refractivity contribution in [2.75, 3.05) is 39.9 Å². The van der Waals surface area contributed by atoms with Gasteiger partial charge < -0.3 is 25.0 Å². The third-order valence-electron chi connectivity index (χ3n) is 3.60. The summed E-state index contributed by atoms with van der Waals surface area (Å²) in [5, 5.41) is 7.37. The van der Waals surface area contributed by atoms with E-state index in [1.165, 1.54) is 0 Å². The average molecular weight is 306 g/mol. The Balaban J connectivity index is 1.73. The predicted octanol–water partition coefficient (Wildman–Crippen LogP) is 0.502. The van der Waals surface area contributed by atoms with E-state index in [0.29, 0.717) is 45.0 Å². The minimum Gasteiger partial charge on any atom is -0.497 e. The Morgan fingerprint density at radius 1 is 1.23 bits per heavy atom. The molecule has 120 valence electrons. The molecule has 22 heavy (non-hydrogen) atoms.